The van der Waals surface area contributed by atoms with E-state index in [4.69, 9.17) is 5.73 Å². The minimum Gasteiger partial charge on any atom is -0.399 e. The monoisotopic (exact) mass is 235 g/mol. The molecule has 1 aromatic rings. The number of nitrogen functional groups attached to an aromatic ring is 1. The highest BCUT2D eigenvalue weighted by Gasteiger charge is 2.01. The molecule has 17 heavy (non-hydrogen) atoms. The Morgan fingerprint density at radius 3 is 2.88 bits per heavy atom. The van der Waals surface area contributed by atoms with Crippen LogP contribution in [-0.2, 0) is 11.2 Å². The average Bonchev–Trinajstić information content (AvgIpc) is 2.32. The molecule has 1 rings (SSSR count). The number of hydrogen-bond donors (Lipinski definition) is 3. The Labute approximate surface area is 103 Å². The SMILES string of the molecule is CCNCCNC(=O)CCc1cccc(N)c1. The summed E-state index contributed by atoms with van der Waals surface area (Å²) in [6.45, 7) is 4.48. The minimum atomic E-state index is 0.0883. The summed E-state index contributed by atoms with van der Waals surface area (Å²) < 4.78 is 0. The Hall–Kier alpha value is -1.55. The third-order valence-corrected chi connectivity index (χ3v) is 2.47. The minimum absolute atomic E-state index is 0.0883. The molecule has 0 aliphatic rings. The van der Waals surface area contributed by atoms with Gasteiger partial charge in [-0.25, -0.2) is 0 Å². The Kier molecular flexibility index (Phi) is 6.10. The van der Waals surface area contributed by atoms with Crippen molar-refractivity contribution in [2.24, 2.45) is 0 Å². The molecule has 0 aromatic heterocycles. The van der Waals surface area contributed by atoms with E-state index >= 15 is 0 Å². The zero-order chi connectivity index (χ0) is 12.5. The first-order valence-corrected chi connectivity index (χ1v) is 6.04. The van der Waals surface area contributed by atoms with E-state index < -0.39 is 0 Å². The van der Waals surface area contributed by atoms with Gasteiger partial charge < -0.3 is 16.4 Å². The number of hydrogen-bond acceptors (Lipinski definition) is 3. The Bertz CT molecular complexity index is 352. The van der Waals surface area contributed by atoms with Gasteiger partial charge in [0, 0.05) is 25.2 Å². The predicted molar refractivity (Wildman–Crippen MR) is 70.7 cm³/mol. The number of likely N-dealkylation sites (N-methyl/N-ethyl adjacent to an activating group) is 1. The van der Waals surface area contributed by atoms with E-state index in [9.17, 15) is 4.79 Å². The number of carbonyl (C=O) groups is 1. The van der Waals surface area contributed by atoms with Gasteiger partial charge in [0.15, 0.2) is 0 Å². The van der Waals surface area contributed by atoms with Crippen LogP contribution in [-0.4, -0.2) is 25.5 Å². The third kappa shape index (κ3) is 5.92. The van der Waals surface area contributed by atoms with Crippen LogP contribution in [0.1, 0.15) is 18.9 Å². The molecule has 0 heterocycles. The number of anilines is 1. The summed E-state index contributed by atoms with van der Waals surface area (Å²) in [6, 6.07) is 7.65. The van der Waals surface area contributed by atoms with E-state index in [2.05, 4.69) is 10.6 Å². The van der Waals surface area contributed by atoms with Gasteiger partial charge in [-0.05, 0) is 30.7 Å². The number of nitrogens with one attached hydrogen (secondary N) is 2. The van der Waals surface area contributed by atoms with Gasteiger partial charge in [-0.15, -0.1) is 0 Å². The fourth-order valence-corrected chi connectivity index (χ4v) is 1.56. The number of rotatable bonds is 7. The van der Waals surface area contributed by atoms with Crippen molar-refractivity contribution in [2.45, 2.75) is 19.8 Å². The summed E-state index contributed by atoms with van der Waals surface area (Å²) in [7, 11) is 0. The molecule has 1 amide bonds. The molecule has 0 aliphatic heterocycles. The fraction of sp³-hybridized carbons (Fsp3) is 0.462. The second-order valence-electron chi connectivity index (χ2n) is 3.95. The topological polar surface area (TPSA) is 67.1 Å². The van der Waals surface area contributed by atoms with Crippen LogP contribution in [0.4, 0.5) is 5.69 Å². The van der Waals surface area contributed by atoms with Crippen LogP contribution in [0.2, 0.25) is 0 Å². The van der Waals surface area contributed by atoms with Gasteiger partial charge in [-0.1, -0.05) is 19.1 Å². The summed E-state index contributed by atoms with van der Waals surface area (Å²) in [6.07, 6.45) is 1.24. The van der Waals surface area contributed by atoms with Gasteiger partial charge in [0.2, 0.25) is 5.91 Å². The summed E-state index contributed by atoms with van der Waals surface area (Å²) in [5, 5.41) is 6.02. The molecule has 4 N–H and O–H groups in total. The molecule has 0 aliphatic carbocycles. The lowest BCUT2D eigenvalue weighted by Gasteiger charge is -2.06. The second kappa shape index (κ2) is 7.68. The van der Waals surface area contributed by atoms with Gasteiger partial charge in [-0.2, -0.15) is 0 Å². The fourth-order valence-electron chi connectivity index (χ4n) is 1.56. The predicted octanol–water partition coefficient (Wildman–Crippen LogP) is 0.927. The van der Waals surface area contributed by atoms with E-state index in [-0.39, 0.29) is 5.91 Å². The summed E-state index contributed by atoms with van der Waals surface area (Å²) in [4.78, 5) is 11.5. The molecule has 0 radical (unpaired) electrons. The highest BCUT2D eigenvalue weighted by Crippen LogP contribution is 2.08. The Morgan fingerprint density at radius 2 is 2.18 bits per heavy atom. The first-order valence-electron chi connectivity index (χ1n) is 6.04. The first-order chi connectivity index (χ1) is 8.22. The number of amides is 1. The zero-order valence-corrected chi connectivity index (χ0v) is 10.3. The molecule has 4 heteroatoms. The smallest absolute Gasteiger partial charge is 0.220 e. The highest BCUT2D eigenvalue weighted by molar-refractivity contribution is 5.76. The lowest BCUT2D eigenvalue weighted by Crippen LogP contribution is -2.31. The molecule has 1 aromatic carbocycles. The van der Waals surface area contributed by atoms with Crippen LogP contribution in [0.25, 0.3) is 0 Å². The van der Waals surface area contributed by atoms with Crippen LogP contribution in [0, 0.1) is 0 Å². The van der Waals surface area contributed by atoms with Crippen molar-refractivity contribution >= 4 is 11.6 Å². The summed E-state index contributed by atoms with van der Waals surface area (Å²) in [5.74, 6) is 0.0883. The third-order valence-electron chi connectivity index (χ3n) is 2.47. The number of nitrogens with two attached hydrogens (primary N) is 1. The Morgan fingerprint density at radius 1 is 1.35 bits per heavy atom. The largest absolute Gasteiger partial charge is 0.399 e. The average molecular weight is 235 g/mol. The maximum absolute atomic E-state index is 11.5. The van der Waals surface area contributed by atoms with Gasteiger partial charge >= 0.3 is 0 Å². The van der Waals surface area contributed by atoms with Crippen molar-refractivity contribution in [1.82, 2.24) is 10.6 Å². The molecule has 94 valence electrons. The van der Waals surface area contributed by atoms with Crippen molar-refractivity contribution < 1.29 is 4.79 Å². The standard InChI is InChI=1S/C13H21N3O/c1-2-15-8-9-16-13(17)7-6-11-4-3-5-12(14)10-11/h3-5,10,15H,2,6-9,14H2,1H3,(H,16,17). The van der Waals surface area contributed by atoms with Crippen molar-refractivity contribution in [3.8, 4) is 0 Å². The molecular weight excluding hydrogens is 214 g/mol. The normalized spacial score (nSPS) is 10.2. The van der Waals surface area contributed by atoms with E-state index in [1.165, 1.54) is 0 Å². The molecule has 0 spiro atoms. The van der Waals surface area contributed by atoms with Crippen LogP contribution in [0.5, 0.6) is 0 Å². The van der Waals surface area contributed by atoms with Gasteiger partial charge in [0.1, 0.15) is 0 Å². The number of benzene rings is 1. The van der Waals surface area contributed by atoms with Crippen molar-refractivity contribution in [1.29, 1.82) is 0 Å². The molecule has 0 fully saturated rings. The Balaban J connectivity index is 2.19. The molecule has 0 bridgehead atoms. The molecule has 0 saturated carbocycles. The maximum Gasteiger partial charge on any atom is 0.220 e. The van der Waals surface area contributed by atoms with Gasteiger partial charge in [0.05, 0.1) is 0 Å². The number of aryl methyl sites for hydroxylation is 1. The van der Waals surface area contributed by atoms with E-state index in [1.54, 1.807) is 0 Å². The van der Waals surface area contributed by atoms with E-state index in [0.29, 0.717) is 13.0 Å². The highest BCUT2D eigenvalue weighted by atomic mass is 16.1. The maximum atomic E-state index is 11.5. The quantitative estimate of drug-likeness (QED) is 0.486. The van der Waals surface area contributed by atoms with Crippen molar-refractivity contribution in [3.63, 3.8) is 0 Å². The lowest BCUT2D eigenvalue weighted by molar-refractivity contribution is -0.121. The van der Waals surface area contributed by atoms with Crippen molar-refractivity contribution in [3.05, 3.63) is 29.8 Å². The van der Waals surface area contributed by atoms with E-state index in [1.807, 2.05) is 31.2 Å². The zero-order valence-electron chi connectivity index (χ0n) is 10.3. The molecular formula is C13H21N3O. The van der Waals surface area contributed by atoms with Gasteiger partial charge in [0.25, 0.3) is 0 Å². The van der Waals surface area contributed by atoms with E-state index in [0.717, 1.165) is 30.8 Å². The molecule has 0 atom stereocenters. The first kappa shape index (κ1) is 13.5. The van der Waals surface area contributed by atoms with Crippen molar-refractivity contribution in [2.75, 3.05) is 25.4 Å². The number of carbonyl (C=O) groups excluding carboxylic acids is 1. The van der Waals surface area contributed by atoms with Gasteiger partial charge in [-0.3, -0.25) is 4.79 Å². The summed E-state index contributed by atoms with van der Waals surface area (Å²) >= 11 is 0. The second-order valence-corrected chi connectivity index (χ2v) is 3.95. The van der Waals surface area contributed by atoms with Crippen LogP contribution in [0.15, 0.2) is 24.3 Å². The van der Waals surface area contributed by atoms with Crippen LogP contribution >= 0.6 is 0 Å². The van der Waals surface area contributed by atoms with Crippen LogP contribution in [0.3, 0.4) is 0 Å². The van der Waals surface area contributed by atoms with Crippen LogP contribution < -0.4 is 16.4 Å². The lowest BCUT2D eigenvalue weighted by atomic mass is 10.1. The molecule has 0 unspecified atom stereocenters. The molecule has 4 nitrogen and oxygen atoms in total. The summed E-state index contributed by atoms with van der Waals surface area (Å²) in [5.41, 5.74) is 7.52. The molecule has 0 saturated heterocycles.